The van der Waals surface area contributed by atoms with Crippen LogP contribution in [0.2, 0.25) is 0 Å². The van der Waals surface area contributed by atoms with Gasteiger partial charge in [-0.15, -0.1) is 0 Å². The lowest BCUT2D eigenvalue weighted by Crippen LogP contribution is -2.45. The van der Waals surface area contributed by atoms with Gasteiger partial charge in [0.05, 0.1) is 0 Å². The fourth-order valence-electron chi connectivity index (χ4n) is 3.02. The first-order chi connectivity index (χ1) is 9.72. The Morgan fingerprint density at radius 1 is 1.25 bits per heavy atom. The van der Waals surface area contributed by atoms with Gasteiger partial charge in [-0.05, 0) is 30.5 Å². The summed E-state index contributed by atoms with van der Waals surface area (Å²) in [6.45, 7) is 8.40. The van der Waals surface area contributed by atoms with E-state index in [1.807, 2.05) is 19.1 Å². The zero-order valence-electron chi connectivity index (χ0n) is 12.8. The molecular weight excluding hydrogens is 251 g/mol. The van der Waals surface area contributed by atoms with Crippen molar-refractivity contribution in [2.24, 2.45) is 0 Å². The summed E-state index contributed by atoms with van der Waals surface area (Å²) in [4.78, 5) is 2.55. The molecule has 1 heterocycles. The Labute approximate surface area is 122 Å². The Balaban J connectivity index is 2.12. The van der Waals surface area contributed by atoms with E-state index >= 15 is 0 Å². The highest BCUT2D eigenvalue weighted by Crippen LogP contribution is 2.28. The van der Waals surface area contributed by atoms with Gasteiger partial charge in [0.1, 0.15) is 5.82 Å². The van der Waals surface area contributed by atoms with Crippen LogP contribution in [0, 0.1) is 12.7 Å². The third-order valence-electron chi connectivity index (χ3n) is 4.24. The second-order valence-corrected chi connectivity index (χ2v) is 5.81. The van der Waals surface area contributed by atoms with Crippen molar-refractivity contribution >= 4 is 0 Å². The number of hydrogen-bond donors (Lipinski definition) is 1. The second kappa shape index (κ2) is 7.75. The molecule has 2 nitrogen and oxygen atoms in total. The van der Waals surface area contributed by atoms with E-state index < -0.39 is 0 Å². The minimum Gasteiger partial charge on any atom is -0.314 e. The number of piperazine rings is 1. The number of nitrogens with zero attached hydrogens (tertiary/aromatic N) is 1. The Morgan fingerprint density at radius 3 is 2.65 bits per heavy atom. The van der Waals surface area contributed by atoms with E-state index in [1.165, 1.54) is 31.2 Å². The van der Waals surface area contributed by atoms with Gasteiger partial charge in [-0.2, -0.15) is 0 Å². The number of rotatable bonds is 6. The summed E-state index contributed by atoms with van der Waals surface area (Å²) < 4.78 is 13.5. The van der Waals surface area contributed by atoms with Gasteiger partial charge in [0.2, 0.25) is 0 Å². The molecule has 0 spiro atoms. The molecule has 0 aliphatic carbocycles. The third kappa shape index (κ3) is 4.03. The van der Waals surface area contributed by atoms with Crippen LogP contribution in [0.25, 0.3) is 0 Å². The monoisotopic (exact) mass is 278 g/mol. The maximum Gasteiger partial charge on any atom is 0.126 e. The highest BCUT2D eigenvalue weighted by Gasteiger charge is 2.22. The molecule has 0 radical (unpaired) electrons. The van der Waals surface area contributed by atoms with Crippen LogP contribution >= 0.6 is 0 Å². The summed E-state index contributed by atoms with van der Waals surface area (Å²) in [6.07, 6.45) is 4.96. The molecule has 1 aromatic carbocycles. The lowest BCUT2D eigenvalue weighted by Gasteiger charge is -2.35. The SMILES string of the molecule is CCCCC[C@@H](c1ccc(F)c(C)c1)N1CCNCC1. The molecule has 1 aromatic rings. The van der Waals surface area contributed by atoms with Gasteiger partial charge < -0.3 is 5.32 Å². The second-order valence-electron chi connectivity index (χ2n) is 5.81. The van der Waals surface area contributed by atoms with Crippen LogP contribution in [0.5, 0.6) is 0 Å². The fourth-order valence-corrected chi connectivity index (χ4v) is 3.02. The highest BCUT2D eigenvalue weighted by molar-refractivity contribution is 5.26. The molecule has 1 aliphatic rings. The van der Waals surface area contributed by atoms with Crippen molar-refractivity contribution in [3.8, 4) is 0 Å². The molecule has 112 valence electrons. The summed E-state index contributed by atoms with van der Waals surface area (Å²) in [5, 5.41) is 3.41. The zero-order valence-corrected chi connectivity index (χ0v) is 12.8. The van der Waals surface area contributed by atoms with E-state index in [0.29, 0.717) is 6.04 Å². The minimum absolute atomic E-state index is 0.0960. The van der Waals surface area contributed by atoms with Crippen molar-refractivity contribution in [3.05, 3.63) is 35.1 Å². The number of aryl methyl sites for hydroxylation is 1. The van der Waals surface area contributed by atoms with E-state index in [1.54, 1.807) is 6.07 Å². The predicted molar refractivity (Wildman–Crippen MR) is 82.5 cm³/mol. The maximum atomic E-state index is 13.5. The van der Waals surface area contributed by atoms with Crippen molar-refractivity contribution in [1.29, 1.82) is 0 Å². The predicted octanol–water partition coefficient (Wildman–Crippen LogP) is 3.66. The van der Waals surface area contributed by atoms with Crippen LogP contribution in [0.4, 0.5) is 4.39 Å². The molecule has 2 rings (SSSR count). The van der Waals surface area contributed by atoms with Gasteiger partial charge in [-0.3, -0.25) is 4.90 Å². The average molecular weight is 278 g/mol. The van der Waals surface area contributed by atoms with Crippen LogP contribution in [-0.2, 0) is 0 Å². The molecule has 0 bridgehead atoms. The summed E-state index contributed by atoms with van der Waals surface area (Å²) in [7, 11) is 0. The van der Waals surface area contributed by atoms with Crippen molar-refractivity contribution in [1.82, 2.24) is 10.2 Å². The lowest BCUT2D eigenvalue weighted by atomic mass is 9.96. The summed E-state index contributed by atoms with van der Waals surface area (Å²) >= 11 is 0. The van der Waals surface area contributed by atoms with Gasteiger partial charge in [0, 0.05) is 32.2 Å². The summed E-state index contributed by atoms with van der Waals surface area (Å²) in [6, 6.07) is 6.08. The van der Waals surface area contributed by atoms with E-state index in [-0.39, 0.29) is 5.82 Å². The van der Waals surface area contributed by atoms with Gasteiger partial charge >= 0.3 is 0 Å². The van der Waals surface area contributed by atoms with E-state index in [4.69, 9.17) is 0 Å². The van der Waals surface area contributed by atoms with Crippen LogP contribution in [0.15, 0.2) is 18.2 Å². The van der Waals surface area contributed by atoms with Crippen molar-refractivity contribution in [2.75, 3.05) is 26.2 Å². The third-order valence-corrected chi connectivity index (χ3v) is 4.24. The molecule has 1 aliphatic heterocycles. The van der Waals surface area contributed by atoms with Gasteiger partial charge in [0.15, 0.2) is 0 Å². The topological polar surface area (TPSA) is 15.3 Å². The molecule has 1 saturated heterocycles. The highest BCUT2D eigenvalue weighted by atomic mass is 19.1. The van der Waals surface area contributed by atoms with Crippen molar-refractivity contribution in [2.45, 2.75) is 45.6 Å². The molecule has 0 amide bonds. The van der Waals surface area contributed by atoms with Crippen LogP contribution < -0.4 is 5.32 Å². The molecular formula is C17H27FN2. The lowest BCUT2D eigenvalue weighted by molar-refractivity contribution is 0.162. The van der Waals surface area contributed by atoms with Crippen LogP contribution in [0.1, 0.15) is 49.8 Å². The molecule has 0 saturated carbocycles. The Bertz CT molecular complexity index is 413. The van der Waals surface area contributed by atoms with Crippen LogP contribution in [-0.4, -0.2) is 31.1 Å². The number of nitrogens with one attached hydrogen (secondary N) is 1. The number of unbranched alkanes of at least 4 members (excludes halogenated alkanes) is 2. The largest absolute Gasteiger partial charge is 0.314 e. The Kier molecular flexibility index (Phi) is 5.99. The quantitative estimate of drug-likeness (QED) is 0.799. The normalized spacial score (nSPS) is 18.1. The molecule has 0 unspecified atom stereocenters. The van der Waals surface area contributed by atoms with Gasteiger partial charge in [0.25, 0.3) is 0 Å². The summed E-state index contributed by atoms with van der Waals surface area (Å²) in [5.74, 6) is -0.0960. The first-order valence-corrected chi connectivity index (χ1v) is 7.93. The van der Waals surface area contributed by atoms with Crippen molar-refractivity contribution < 1.29 is 4.39 Å². The first kappa shape index (κ1) is 15.5. The Morgan fingerprint density at radius 2 is 2.00 bits per heavy atom. The maximum absolute atomic E-state index is 13.5. The molecule has 1 fully saturated rings. The molecule has 1 N–H and O–H groups in total. The first-order valence-electron chi connectivity index (χ1n) is 7.93. The number of benzene rings is 1. The number of hydrogen-bond acceptors (Lipinski definition) is 2. The molecule has 1 atom stereocenters. The average Bonchev–Trinajstić information content (AvgIpc) is 2.48. The number of halogens is 1. The molecule has 20 heavy (non-hydrogen) atoms. The van der Waals surface area contributed by atoms with E-state index in [9.17, 15) is 4.39 Å². The molecule has 0 aromatic heterocycles. The minimum atomic E-state index is -0.0960. The Hall–Kier alpha value is -0.930. The zero-order chi connectivity index (χ0) is 14.4. The van der Waals surface area contributed by atoms with Crippen LogP contribution in [0.3, 0.4) is 0 Å². The van der Waals surface area contributed by atoms with E-state index in [2.05, 4.69) is 17.1 Å². The molecule has 3 heteroatoms. The van der Waals surface area contributed by atoms with E-state index in [0.717, 1.165) is 31.7 Å². The van der Waals surface area contributed by atoms with Gasteiger partial charge in [-0.25, -0.2) is 4.39 Å². The fraction of sp³-hybridized carbons (Fsp3) is 0.647. The smallest absolute Gasteiger partial charge is 0.126 e. The standard InChI is InChI=1S/C17H27FN2/c1-3-4-5-6-17(20-11-9-19-10-12-20)15-7-8-16(18)14(2)13-15/h7-8,13,17,19H,3-6,9-12H2,1-2H3/t17-/m0/s1. The van der Waals surface area contributed by atoms with Gasteiger partial charge in [-0.1, -0.05) is 38.3 Å². The van der Waals surface area contributed by atoms with Crippen molar-refractivity contribution in [3.63, 3.8) is 0 Å². The summed E-state index contributed by atoms with van der Waals surface area (Å²) in [5.41, 5.74) is 2.04.